The Kier molecular flexibility index (Phi) is 2.33. The second-order valence-corrected chi connectivity index (χ2v) is 3.77. The van der Waals surface area contributed by atoms with Gasteiger partial charge >= 0.3 is 5.97 Å². The van der Waals surface area contributed by atoms with Crippen molar-refractivity contribution in [1.82, 2.24) is 19.9 Å². The van der Waals surface area contributed by atoms with Gasteiger partial charge in [-0.25, -0.2) is 9.78 Å². The molecule has 0 saturated carbocycles. The average Bonchev–Trinajstić information content (AvgIpc) is 3.03. The van der Waals surface area contributed by atoms with Gasteiger partial charge in [-0.15, -0.1) is 0 Å². The van der Waals surface area contributed by atoms with Crippen LogP contribution in [0.4, 0.5) is 0 Å². The Morgan fingerprint density at radius 2 is 2.33 bits per heavy atom. The number of aromatic amines is 2. The maximum Gasteiger partial charge on any atom is 0.354 e. The van der Waals surface area contributed by atoms with Crippen molar-refractivity contribution in [2.45, 2.75) is 0 Å². The van der Waals surface area contributed by atoms with E-state index >= 15 is 0 Å². The Bertz CT molecular complexity index is 681. The summed E-state index contributed by atoms with van der Waals surface area (Å²) in [6, 6.07) is 3.51. The fourth-order valence-corrected chi connectivity index (χ4v) is 1.75. The SMILES string of the molecule is COC(=O)c1cc(-c2nc3ccncc3[nH]2)c[nH]1. The standard InChI is InChI=1S/C12H10N4O2/c1-18-12(17)9-4-7(5-14-9)11-15-8-2-3-13-6-10(8)16-11/h2-6,14H,1H3,(H,15,16). The number of nitrogens with one attached hydrogen (secondary N) is 2. The monoisotopic (exact) mass is 242 g/mol. The normalized spacial score (nSPS) is 10.7. The zero-order chi connectivity index (χ0) is 12.5. The van der Waals surface area contributed by atoms with Crippen molar-refractivity contribution in [3.05, 3.63) is 36.4 Å². The topological polar surface area (TPSA) is 83.7 Å². The minimum Gasteiger partial charge on any atom is -0.464 e. The average molecular weight is 242 g/mol. The third-order valence-electron chi connectivity index (χ3n) is 2.65. The van der Waals surface area contributed by atoms with Gasteiger partial charge in [0, 0.05) is 18.0 Å². The molecule has 3 rings (SSSR count). The lowest BCUT2D eigenvalue weighted by molar-refractivity contribution is 0.0595. The van der Waals surface area contributed by atoms with Crippen LogP contribution < -0.4 is 0 Å². The van der Waals surface area contributed by atoms with Crippen LogP contribution in [-0.4, -0.2) is 33.0 Å². The molecule has 3 aromatic heterocycles. The Morgan fingerprint density at radius 3 is 3.11 bits per heavy atom. The van der Waals surface area contributed by atoms with Gasteiger partial charge in [0.15, 0.2) is 0 Å². The van der Waals surface area contributed by atoms with Gasteiger partial charge in [0.25, 0.3) is 0 Å². The molecular formula is C12H10N4O2. The fraction of sp³-hybridized carbons (Fsp3) is 0.0833. The van der Waals surface area contributed by atoms with Crippen molar-refractivity contribution in [2.75, 3.05) is 7.11 Å². The largest absolute Gasteiger partial charge is 0.464 e. The summed E-state index contributed by atoms with van der Waals surface area (Å²) in [5.74, 6) is 0.281. The molecule has 3 heterocycles. The zero-order valence-corrected chi connectivity index (χ0v) is 9.60. The van der Waals surface area contributed by atoms with E-state index in [0.717, 1.165) is 16.6 Å². The molecule has 0 atom stereocenters. The first kappa shape index (κ1) is 10.5. The third kappa shape index (κ3) is 1.64. The highest BCUT2D eigenvalue weighted by Crippen LogP contribution is 2.20. The van der Waals surface area contributed by atoms with Crippen molar-refractivity contribution >= 4 is 17.0 Å². The summed E-state index contributed by atoms with van der Waals surface area (Å²) in [7, 11) is 1.34. The predicted molar refractivity (Wildman–Crippen MR) is 65.0 cm³/mol. The van der Waals surface area contributed by atoms with Crippen molar-refractivity contribution in [1.29, 1.82) is 0 Å². The van der Waals surface area contributed by atoms with Gasteiger partial charge < -0.3 is 14.7 Å². The number of H-pyrrole nitrogens is 2. The van der Waals surface area contributed by atoms with Crippen LogP contribution in [0.15, 0.2) is 30.7 Å². The van der Waals surface area contributed by atoms with Crippen LogP contribution in [0, 0.1) is 0 Å². The molecule has 0 unspecified atom stereocenters. The number of rotatable bonds is 2. The number of methoxy groups -OCH3 is 1. The van der Waals surface area contributed by atoms with Crippen molar-refractivity contribution in [2.24, 2.45) is 0 Å². The smallest absolute Gasteiger partial charge is 0.354 e. The number of ether oxygens (including phenoxy) is 1. The summed E-state index contributed by atoms with van der Waals surface area (Å²) >= 11 is 0. The van der Waals surface area contributed by atoms with E-state index in [1.165, 1.54) is 7.11 Å². The van der Waals surface area contributed by atoms with Crippen molar-refractivity contribution < 1.29 is 9.53 Å². The lowest BCUT2D eigenvalue weighted by Crippen LogP contribution is -2.00. The van der Waals surface area contributed by atoms with Gasteiger partial charge in [-0.05, 0) is 12.1 Å². The first-order valence-electron chi connectivity index (χ1n) is 5.35. The molecule has 0 bridgehead atoms. The summed E-state index contributed by atoms with van der Waals surface area (Å²) in [5.41, 5.74) is 2.88. The van der Waals surface area contributed by atoms with Crippen LogP contribution in [0.5, 0.6) is 0 Å². The molecule has 0 radical (unpaired) electrons. The first-order chi connectivity index (χ1) is 8.78. The second kappa shape index (κ2) is 3.99. The Balaban J connectivity index is 2.03. The minimum absolute atomic E-state index is 0.395. The molecule has 18 heavy (non-hydrogen) atoms. The quantitative estimate of drug-likeness (QED) is 0.670. The van der Waals surface area contributed by atoms with E-state index in [4.69, 9.17) is 0 Å². The van der Waals surface area contributed by atoms with E-state index < -0.39 is 5.97 Å². The van der Waals surface area contributed by atoms with E-state index in [0.29, 0.717) is 11.5 Å². The van der Waals surface area contributed by atoms with Gasteiger partial charge in [0.2, 0.25) is 0 Å². The van der Waals surface area contributed by atoms with Gasteiger partial charge in [-0.2, -0.15) is 0 Å². The number of pyridine rings is 1. The summed E-state index contributed by atoms with van der Waals surface area (Å²) in [5, 5.41) is 0. The van der Waals surface area contributed by atoms with Crippen LogP contribution in [-0.2, 0) is 4.74 Å². The van der Waals surface area contributed by atoms with Crippen LogP contribution in [0.2, 0.25) is 0 Å². The fourth-order valence-electron chi connectivity index (χ4n) is 1.75. The van der Waals surface area contributed by atoms with Gasteiger partial charge in [0.1, 0.15) is 11.5 Å². The molecule has 0 amide bonds. The number of carbonyl (C=O) groups excluding carboxylic acids is 1. The van der Waals surface area contributed by atoms with Gasteiger partial charge in [-0.1, -0.05) is 0 Å². The molecule has 6 nitrogen and oxygen atoms in total. The second-order valence-electron chi connectivity index (χ2n) is 3.77. The number of carbonyl (C=O) groups is 1. The van der Waals surface area contributed by atoms with Crippen LogP contribution in [0.1, 0.15) is 10.5 Å². The Hall–Kier alpha value is -2.63. The van der Waals surface area contributed by atoms with E-state index in [1.54, 1.807) is 24.7 Å². The number of aromatic nitrogens is 4. The molecular weight excluding hydrogens is 232 g/mol. The first-order valence-corrected chi connectivity index (χ1v) is 5.35. The summed E-state index contributed by atoms with van der Waals surface area (Å²) in [6.07, 6.45) is 5.10. The minimum atomic E-state index is -0.404. The molecule has 0 aliphatic heterocycles. The number of nitrogens with zero attached hydrogens (tertiary/aromatic N) is 2. The Labute approximate surface area is 102 Å². The molecule has 0 saturated heterocycles. The lowest BCUT2D eigenvalue weighted by Gasteiger charge is -1.92. The Morgan fingerprint density at radius 1 is 1.44 bits per heavy atom. The predicted octanol–water partition coefficient (Wildman–Crippen LogP) is 1.74. The number of hydrogen-bond acceptors (Lipinski definition) is 4. The molecule has 2 N–H and O–H groups in total. The number of hydrogen-bond donors (Lipinski definition) is 2. The molecule has 0 aromatic carbocycles. The molecule has 3 aromatic rings. The summed E-state index contributed by atoms with van der Waals surface area (Å²) in [4.78, 5) is 25.7. The highest BCUT2D eigenvalue weighted by atomic mass is 16.5. The van der Waals surface area contributed by atoms with Crippen molar-refractivity contribution in [3.63, 3.8) is 0 Å². The molecule has 0 spiro atoms. The van der Waals surface area contributed by atoms with Crippen molar-refractivity contribution in [3.8, 4) is 11.4 Å². The van der Waals surface area contributed by atoms with Crippen LogP contribution >= 0.6 is 0 Å². The molecule has 90 valence electrons. The summed E-state index contributed by atoms with van der Waals surface area (Å²) in [6.45, 7) is 0. The molecule has 0 aliphatic carbocycles. The van der Waals surface area contributed by atoms with E-state index in [1.807, 2.05) is 6.07 Å². The van der Waals surface area contributed by atoms with Gasteiger partial charge in [0.05, 0.1) is 24.3 Å². The van der Waals surface area contributed by atoms with Crippen LogP contribution in [0.3, 0.4) is 0 Å². The van der Waals surface area contributed by atoms with E-state index in [-0.39, 0.29) is 0 Å². The third-order valence-corrected chi connectivity index (χ3v) is 2.65. The maximum atomic E-state index is 11.3. The highest BCUT2D eigenvalue weighted by Gasteiger charge is 2.11. The van der Waals surface area contributed by atoms with E-state index in [9.17, 15) is 4.79 Å². The summed E-state index contributed by atoms with van der Waals surface area (Å²) < 4.78 is 4.63. The maximum absolute atomic E-state index is 11.3. The molecule has 0 aliphatic rings. The van der Waals surface area contributed by atoms with Crippen LogP contribution in [0.25, 0.3) is 22.4 Å². The highest BCUT2D eigenvalue weighted by molar-refractivity contribution is 5.89. The number of esters is 1. The molecule has 0 fully saturated rings. The van der Waals surface area contributed by atoms with Gasteiger partial charge in [-0.3, -0.25) is 4.98 Å². The van der Waals surface area contributed by atoms with E-state index in [2.05, 4.69) is 24.7 Å². The number of imidazole rings is 1. The zero-order valence-electron chi connectivity index (χ0n) is 9.60. The number of fused-ring (bicyclic) bond motifs is 1. The lowest BCUT2D eigenvalue weighted by atomic mass is 10.3. The molecule has 6 heteroatoms.